The van der Waals surface area contributed by atoms with Gasteiger partial charge in [0.1, 0.15) is 0 Å². The van der Waals surface area contributed by atoms with Gasteiger partial charge in [0, 0.05) is 35.2 Å². The molecule has 2 aromatic carbocycles. The first-order chi connectivity index (χ1) is 15.6. The smallest absolute Gasteiger partial charge is 0.324 e. The van der Waals surface area contributed by atoms with Crippen molar-refractivity contribution in [2.24, 2.45) is 5.92 Å². The summed E-state index contributed by atoms with van der Waals surface area (Å²) in [5.41, 5.74) is 1.61. The molecule has 0 radical (unpaired) electrons. The fourth-order valence-electron chi connectivity index (χ4n) is 3.71. The Hall–Kier alpha value is -3.20. The standard InChI is InChI=1S/C23H26N4O4S/c1-29-19-8-7-16(13-20(19)30-2)21-25-23(31-26-21)27-11-9-15(10-12-27)22(28)24-17-5-4-6-18(14-17)32-3/h4-8,13-15H,9-12H2,1-3H3,(H,24,28). The maximum atomic E-state index is 12.7. The molecule has 8 nitrogen and oxygen atoms in total. The first-order valence-corrected chi connectivity index (χ1v) is 11.6. The lowest BCUT2D eigenvalue weighted by molar-refractivity contribution is -0.120. The van der Waals surface area contributed by atoms with Crippen molar-refractivity contribution in [3.63, 3.8) is 0 Å². The van der Waals surface area contributed by atoms with Crippen molar-refractivity contribution in [1.29, 1.82) is 0 Å². The van der Waals surface area contributed by atoms with Gasteiger partial charge in [-0.05, 0) is 55.5 Å². The van der Waals surface area contributed by atoms with Crippen LogP contribution in [-0.4, -0.2) is 49.6 Å². The van der Waals surface area contributed by atoms with E-state index in [1.54, 1.807) is 26.0 Å². The van der Waals surface area contributed by atoms with E-state index >= 15 is 0 Å². The second-order valence-corrected chi connectivity index (χ2v) is 8.33. The molecule has 3 aromatic rings. The van der Waals surface area contributed by atoms with E-state index in [4.69, 9.17) is 14.0 Å². The van der Waals surface area contributed by atoms with Crippen molar-refractivity contribution in [2.45, 2.75) is 17.7 Å². The number of amides is 1. The molecule has 0 atom stereocenters. The van der Waals surface area contributed by atoms with Crippen molar-refractivity contribution in [2.75, 3.05) is 43.8 Å². The lowest BCUT2D eigenvalue weighted by Crippen LogP contribution is -2.38. The largest absolute Gasteiger partial charge is 0.493 e. The lowest BCUT2D eigenvalue weighted by atomic mass is 9.96. The van der Waals surface area contributed by atoms with Crippen LogP contribution in [0.4, 0.5) is 11.7 Å². The van der Waals surface area contributed by atoms with Crippen LogP contribution in [0.3, 0.4) is 0 Å². The molecular weight excluding hydrogens is 428 g/mol. The average Bonchev–Trinajstić information content (AvgIpc) is 3.34. The van der Waals surface area contributed by atoms with Crippen LogP contribution in [0.15, 0.2) is 51.9 Å². The molecule has 1 amide bonds. The number of rotatable bonds is 7. The Morgan fingerprint density at radius 2 is 1.91 bits per heavy atom. The predicted octanol–water partition coefficient (Wildman–Crippen LogP) is 4.33. The van der Waals surface area contributed by atoms with Gasteiger partial charge in [0.15, 0.2) is 11.5 Å². The summed E-state index contributed by atoms with van der Waals surface area (Å²) in [6.45, 7) is 1.35. The quantitative estimate of drug-likeness (QED) is 0.528. The number of aromatic nitrogens is 2. The summed E-state index contributed by atoms with van der Waals surface area (Å²) in [6, 6.07) is 13.8. The summed E-state index contributed by atoms with van der Waals surface area (Å²) in [5, 5.41) is 7.16. The number of piperidine rings is 1. The van der Waals surface area contributed by atoms with Crippen LogP contribution in [-0.2, 0) is 4.79 Å². The molecule has 0 aliphatic carbocycles. The molecule has 2 heterocycles. The molecule has 1 N–H and O–H groups in total. The molecule has 1 saturated heterocycles. The second kappa shape index (κ2) is 9.95. The predicted molar refractivity (Wildman–Crippen MR) is 125 cm³/mol. The molecule has 32 heavy (non-hydrogen) atoms. The van der Waals surface area contributed by atoms with Gasteiger partial charge in [-0.2, -0.15) is 4.98 Å². The Balaban J connectivity index is 1.36. The van der Waals surface area contributed by atoms with Crippen LogP contribution >= 0.6 is 11.8 Å². The maximum absolute atomic E-state index is 12.7. The van der Waals surface area contributed by atoms with Gasteiger partial charge in [0.05, 0.1) is 14.2 Å². The molecule has 1 aromatic heterocycles. The molecule has 1 aliphatic heterocycles. The zero-order valence-corrected chi connectivity index (χ0v) is 19.1. The van der Waals surface area contributed by atoms with Crippen molar-refractivity contribution in [3.8, 4) is 22.9 Å². The van der Waals surface area contributed by atoms with Gasteiger partial charge in [-0.15, -0.1) is 11.8 Å². The average molecular weight is 455 g/mol. The van der Waals surface area contributed by atoms with E-state index in [1.807, 2.05) is 53.6 Å². The summed E-state index contributed by atoms with van der Waals surface area (Å²) in [5.74, 6) is 1.73. The first-order valence-electron chi connectivity index (χ1n) is 10.4. The van der Waals surface area contributed by atoms with Gasteiger partial charge in [-0.3, -0.25) is 4.79 Å². The highest BCUT2D eigenvalue weighted by atomic mass is 32.2. The number of benzene rings is 2. The highest BCUT2D eigenvalue weighted by Gasteiger charge is 2.28. The Bertz CT molecular complexity index is 1080. The Morgan fingerprint density at radius 3 is 2.62 bits per heavy atom. The molecule has 0 unspecified atom stereocenters. The molecule has 9 heteroatoms. The number of carbonyl (C=O) groups is 1. The maximum Gasteiger partial charge on any atom is 0.324 e. The Morgan fingerprint density at radius 1 is 1.12 bits per heavy atom. The van der Waals surface area contributed by atoms with Crippen LogP contribution in [0.2, 0.25) is 0 Å². The third-order valence-corrected chi connectivity index (χ3v) is 6.26. The van der Waals surface area contributed by atoms with Crippen molar-refractivity contribution in [1.82, 2.24) is 10.1 Å². The number of carbonyl (C=O) groups excluding carboxylic acids is 1. The summed E-state index contributed by atoms with van der Waals surface area (Å²) in [6.07, 6.45) is 3.47. The Kier molecular flexibility index (Phi) is 6.84. The fourth-order valence-corrected chi connectivity index (χ4v) is 4.17. The number of methoxy groups -OCH3 is 2. The highest BCUT2D eigenvalue weighted by molar-refractivity contribution is 7.98. The molecule has 1 fully saturated rings. The highest BCUT2D eigenvalue weighted by Crippen LogP contribution is 2.32. The van der Waals surface area contributed by atoms with Gasteiger partial charge in [0.2, 0.25) is 11.7 Å². The van der Waals surface area contributed by atoms with E-state index in [2.05, 4.69) is 15.5 Å². The molecule has 0 bridgehead atoms. The van der Waals surface area contributed by atoms with Gasteiger partial charge in [-0.1, -0.05) is 11.2 Å². The normalized spacial score (nSPS) is 14.3. The minimum atomic E-state index is -0.0440. The number of ether oxygens (including phenoxy) is 2. The number of nitrogens with one attached hydrogen (secondary N) is 1. The van der Waals surface area contributed by atoms with Crippen molar-refractivity contribution < 1.29 is 18.8 Å². The van der Waals surface area contributed by atoms with E-state index in [9.17, 15) is 4.79 Å². The summed E-state index contributed by atoms with van der Waals surface area (Å²) < 4.78 is 16.1. The number of thioether (sulfide) groups is 1. The molecule has 0 saturated carbocycles. The summed E-state index contributed by atoms with van der Waals surface area (Å²) in [7, 11) is 3.18. The fraction of sp³-hybridized carbons (Fsp3) is 0.348. The Labute approximate surface area is 191 Å². The van der Waals surface area contributed by atoms with Crippen LogP contribution in [0.1, 0.15) is 12.8 Å². The molecule has 0 spiro atoms. The number of anilines is 2. The minimum Gasteiger partial charge on any atom is -0.493 e. The molecular formula is C23H26N4O4S. The van der Waals surface area contributed by atoms with E-state index in [0.29, 0.717) is 36.4 Å². The second-order valence-electron chi connectivity index (χ2n) is 7.45. The molecule has 1 aliphatic rings. The minimum absolute atomic E-state index is 0.0440. The van der Waals surface area contributed by atoms with Crippen molar-refractivity contribution >= 4 is 29.4 Å². The van der Waals surface area contributed by atoms with Crippen LogP contribution in [0.5, 0.6) is 11.5 Å². The first kappa shape index (κ1) is 22.0. The van der Waals surface area contributed by atoms with E-state index in [-0.39, 0.29) is 11.8 Å². The van der Waals surface area contributed by atoms with Crippen LogP contribution in [0.25, 0.3) is 11.4 Å². The third-order valence-electron chi connectivity index (χ3n) is 5.53. The summed E-state index contributed by atoms with van der Waals surface area (Å²) >= 11 is 1.65. The number of hydrogen-bond donors (Lipinski definition) is 1. The van der Waals surface area contributed by atoms with Crippen LogP contribution < -0.4 is 19.7 Å². The monoisotopic (exact) mass is 454 g/mol. The topological polar surface area (TPSA) is 89.7 Å². The number of nitrogens with zero attached hydrogens (tertiary/aromatic N) is 3. The van der Waals surface area contributed by atoms with Crippen LogP contribution in [0, 0.1) is 5.92 Å². The zero-order chi connectivity index (χ0) is 22.5. The molecule has 168 valence electrons. The SMILES string of the molecule is COc1ccc(-c2noc(N3CCC(C(=O)Nc4cccc(SC)c4)CC3)n2)cc1OC. The zero-order valence-electron chi connectivity index (χ0n) is 18.3. The van der Waals surface area contributed by atoms with Crippen molar-refractivity contribution in [3.05, 3.63) is 42.5 Å². The third kappa shape index (κ3) is 4.83. The van der Waals surface area contributed by atoms with Gasteiger partial charge >= 0.3 is 6.01 Å². The molecule has 4 rings (SSSR count). The van der Waals surface area contributed by atoms with E-state index in [1.165, 1.54) is 0 Å². The number of hydrogen-bond acceptors (Lipinski definition) is 8. The summed E-state index contributed by atoms with van der Waals surface area (Å²) in [4.78, 5) is 20.4. The van der Waals surface area contributed by atoms with E-state index < -0.39 is 0 Å². The lowest BCUT2D eigenvalue weighted by Gasteiger charge is -2.29. The van der Waals surface area contributed by atoms with Gasteiger partial charge in [0.25, 0.3) is 0 Å². The van der Waals surface area contributed by atoms with E-state index in [0.717, 1.165) is 29.0 Å². The van der Waals surface area contributed by atoms with Gasteiger partial charge in [-0.25, -0.2) is 0 Å². The van der Waals surface area contributed by atoms with Gasteiger partial charge < -0.3 is 24.2 Å².